The number of nitrogens with zero attached hydrogens (tertiary/aromatic N) is 4. The van der Waals surface area contributed by atoms with Crippen LogP contribution < -0.4 is 5.32 Å². The average molecular weight is 295 g/mol. The van der Waals surface area contributed by atoms with Crippen molar-refractivity contribution in [3.8, 4) is 5.69 Å². The van der Waals surface area contributed by atoms with Gasteiger partial charge < -0.3 is 10.1 Å². The van der Waals surface area contributed by atoms with Gasteiger partial charge in [-0.05, 0) is 25.0 Å². The molecule has 1 aromatic carbocycles. The number of nitrogens with one attached hydrogen (secondary N) is 1. The van der Waals surface area contributed by atoms with Gasteiger partial charge in [0.2, 0.25) is 0 Å². The number of para-hydroxylation sites is 1. The minimum Gasteiger partial charge on any atom is -0.376 e. The highest BCUT2D eigenvalue weighted by atomic mass is 16.5. The molecular formula is C16H17N5O. The van der Waals surface area contributed by atoms with E-state index in [0.717, 1.165) is 48.5 Å². The van der Waals surface area contributed by atoms with Crippen LogP contribution in [0.4, 0.5) is 5.82 Å². The van der Waals surface area contributed by atoms with Crippen LogP contribution in [0.2, 0.25) is 0 Å². The van der Waals surface area contributed by atoms with Gasteiger partial charge in [-0.2, -0.15) is 5.10 Å². The van der Waals surface area contributed by atoms with E-state index in [0.29, 0.717) is 0 Å². The van der Waals surface area contributed by atoms with E-state index in [2.05, 4.69) is 20.4 Å². The maximum absolute atomic E-state index is 5.63. The van der Waals surface area contributed by atoms with Crippen LogP contribution in [-0.2, 0) is 4.74 Å². The fraction of sp³-hybridized carbons (Fsp3) is 0.312. The first-order chi connectivity index (χ1) is 10.9. The van der Waals surface area contributed by atoms with Crippen LogP contribution in [0.15, 0.2) is 42.9 Å². The van der Waals surface area contributed by atoms with Crippen LogP contribution in [0.5, 0.6) is 0 Å². The molecule has 0 amide bonds. The molecule has 3 aromatic rings. The molecule has 3 heterocycles. The van der Waals surface area contributed by atoms with Crippen molar-refractivity contribution < 1.29 is 4.74 Å². The normalized spacial score (nSPS) is 17.9. The van der Waals surface area contributed by atoms with E-state index in [1.807, 2.05) is 35.0 Å². The van der Waals surface area contributed by atoms with Crippen molar-refractivity contribution >= 4 is 16.9 Å². The lowest BCUT2D eigenvalue weighted by Gasteiger charge is -2.11. The largest absolute Gasteiger partial charge is 0.376 e. The van der Waals surface area contributed by atoms with E-state index in [-0.39, 0.29) is 6.10 Å². The summed E-state index contributed by atoms with van der Waals surface area (Å²) in [4.78, 5) is 8.72. The number of aromatic nitrogens is 4. The first-order valence-electron chi connectivity index (χ1n) is 7.51. The zero-order valence-corrected chi connectivity index (χ0v) is 12.1. The van der Waals surface area contributed by atoms with Gasteiger partial charge in [0.1, 0.15) is 12.1 Å². The molecule has 1 fully saturated rings. The standard InChI is InChI=1S/C16H17N5O/c1-2-5-12(6-3-1)21-16-14(10-20-21)15(18-11-19-16)17-9-13-7-4-8-22-13/h1-3,5-6,10-11,13H,4,7-9H2,(H,17,18,19)/t13-/m0/s1. The number of benzene rings is 1. The number of hydrogen-bond acceptors (Lipinski definition) is 5. The zero-order valence-electron chi connectivity index (χ0n) is 12.1. The highest BCUT2D eigenvalue weighted by molar-refractivity contribution is 5.87. The molecule has 1 atom stereocenters. The van der Waals surface area contributed by atoms with Crippen LogP contribution in [0.25, 0.3) is 16.7 Å². The number of anilines is 1. The predicted molar refractivity (Wildman–Crippen MR) is 84.1 cm³/mol. The summed E-state index contributed by atoms with van der Waals surface area (Å²) in [5.41, 5.74) is 1.79. The van der Waals surface area contributed by atoms with Crippen LogP contribution in [0.1, 0.15) is 12.8 Å². The average Bonchev–Trinajstić information content (AvgIpc) is 3.23. The third kappa shape index (κ3) is 2.42. The monoisotopic (exact) mass is 295 g/mol. The maximum Gasteiger partial charge on any atom is 0.168 e. The first kappa shape index (κ1) is 13.2. The lowest BCUT2D eigenvalue weighted by Crippen LogP contribution is -2.19. The summed E-state index contributed by atoms with van der Waals surface area (Å²) in [7, 11) is 0. The van der Waals surface area contributed by atoms with Gasteiger partial charge in [-0.25, -0.2) is 14.6 Å². The molecule has 0 aliphatic carbocycles. The van der Waals surface area contributed by atoms with E-state index in [4.69, 9.17) is 4.74 Å². The molecule has 0 radical (unpaired) electrons. The SMILES string of the molecule is c1ccc(-n2ncc3c(NC[C@@H]4CCCO4)ncnc32)cc1. The van der Waals surface area contributed by atoms with Crippen LogP contribution in [0, 0.1) is 0 Å². The summed E-state index contributed by atoms with van der Waals surface area (Å²) in [6.07, 6.45) is 5.89. The Kier molecular flexibility index (Phi) is 3.44. The smallest absolute Gasteiger partial charge is 0.168 e. The second kappa shape index (κ2) is 5.73. The Morgan fingerprint density at radius 3 is 2.95 bits per heavy atom. The molecular weight excluding hydrogens is 278 g/mol. The van der Waals surface area contributed by atoms with Gasteiger partial charge in [-0.15, -0.1) is 0 Å². The van der Waals surface area contributed by atoms with Crippen LogP contribution in [-0.4, -0.2) is 39.0 Å². The topological polar surface area (TPSA) is 64.9 Å². The van der Waals surface area contributed by atoms with E-state index < -0.39 is 0 Å². The van der Waals surface area contributed by atoms with Crippen molar-refractivity contribution in [3.05, 3.63) is 42.9 Å². The zero-order chi connectivity index (χ0) is 14.8. The Labute approximate surface area is 128 Å². The van der Waals surface area contributed by atoms with Gasteiger partial charge in [0, 0.05) is 13.2 Å². The molecule has 0 saturated carbocycles. The summed E-state index contributed by atoms with van der Waals surface area (Å²) in [5.74, 6) is 0.808. The summed E-state index contributed by atoms with van der Waals surface area (Å²) in [6, 6.07) is 9.97. The summed E-state index contributed by atoms with van der Waals surface area (Å²) in [5, 5.41) is 8.73. The number of ether oxygens (including phenoxy) is 1. The van der Waals surface area contributed by atoms with Gasteiger partial charge >= 0.3 is 0 Å². The molecule has 0 bridgehead atoms. The van der Waals surface area contributed by atoms with E-state index in [1.165, 1.54) is 0 Å². The van der Waals surface area contributed by atoms with Gasteiger partial charge in [0.25, 0.3) is 0 Å². The number of rotatable bonds is 4. The van der Waals surface area contributed by atoms with Crippen molar-refractivity contribution in [2.45, 2.75) is 18.9 Å². The second-order valence-electron chi connectivity index (χ2n) is 5.37. The third-order valence-corrected chi connectivity index (χ3v) is 3.89. The predicted octanol–water partition coefficient (Wildman–Crippen LogP) is 2.41. The fourth-order valence-electron chi connectivity index (χ4n) is 2.76. The summed E-state index contributed by atoms with van der Waals surface area (Å²) in [6.45, 7) is 1.63. The molecule has 22 heavy (non-hydrogen) atoms. The second-order valence-corrected chi connectivity index (χ2v) is 5.37. The molecule has 1 aliphatic heterocycles. The van der Waals surface area contributed by atoms with Crippen molar-refractivity contribution in [2.75, 3.05) is 18.5 Å². The summed E-state index contributed by atoms with van der Waals surface area (Å²) >= 11 is 0. The molecule has 2 aromatic heterocycles. The molecule has 0 spiro atoms. The molecule has 4 rings (SSSR count). The highest BCUT2D eigenvalue weighted by Gasteiger charge is 2.16. The van der Waals surface area contributed by atoms with Crippen molar-refractivity contribution in [3.63, 3.8) is 0 Å². The van der Waals surface area contributed by atoms with Gasteiger partial charge in [0.05, 0.1) is 23.4 Å². The van der Waals surface area contributed by atoms with E-state index in [1.54, 1.807) is 12.5 Å². The molecule has 1 aliphatic rings. The molecule has 1 saturated heterocycles. The van der Waals surface area contributed by atoms with Crippen LogP contribution in [0.3, 0.4) is 0 Å². The lowest BCUT2D eigenvalue weighted by molar-refractivity contribution is 0.120. The van der Waals surface area contributed by atoms with E-state index >= 15 is 0 Å². The van der Waals surface area contributed by atoms with Crippen molar-refractivity contribution in [1.82, 2.24) is 19.7 Å². The van der Waals surface area contributed by atoms with Gasteiger partial charge in [-0.3, -0.25) is 0 Å². The van der Waals surface area contributed by atoms with Gasteiger partial charge in [-0.1, -0.05) is 18.2 Å². The molecule has 0 unspecified atom stereocenters. The molecule has 6 heteroatoms. The summed E-state index contributed by atoms with van der Waals surface area (Å²) < 4.78 is 7.46. The van der Waals surface area contributed by atoms with Crippen molar-refractivity contribution in [1.29, 1.82) is 0 Å². The Hall–Kier alpha value is -2.47. The van der Waals surface area contributed by atoms with Crippen molar-refractivity contribution in [2.24, 2.45) is 0 Å². The Balaban J connectivity index is 1.65. The minimum atomic E-state index is 0.272. The molecule has 6 nitrogen and oxygen atoms in total. The quantitative estimate of drug-likeness (QED) is 0.800. The molecule has 112 valence electrons. The highest BCUT2D eigenvalue weighted by Crippen LogP contribution is 2.22. The lowest BCUT2D eigenvalue weighted by atomic mass is 10.2. The third-order valence-electron chi connectivity index (χ3n) is 3.89. The molecule has 1 N–H and O–H groups in total. The van der Waals surface area contributed by atoms with E-state index in [9.17, 15) is 0 Å². The maximum atomic E-state index is 5.63. The Morgan fingerprint density at radius 2 is 2.14 bits per heavy atom. The van der Waals surface area contributed by atoms with Gasteiger partial charge in [0.15, 0.2) is 5.65 Å². The fourth-order valence-corrected chi connectivity index (χ4v) is 2.76. The number of hydrogen-bond donors (Lipinski definition) is 1. The minimum absolute atomic E-state index is 0.272. The Morgan fingerprint density at radius 1 is 1.23 bits per heavy atom. The Bertz CT molecular complexity index is 765. The number of fused-ring (bicyclic) bond motifs is 1. The van der Waals surface area contributed by atoms with Crippen LogP contribution >= 0.6 is 0 Å². The first-order valence-corrected chi connectivity index (χ1v) is 7.51.